The van der Waals surface area contributed by atoms with Gasteiger partial charge in [-0.25, -0.2) is 4.68 Å². The van der Waals surface area contributed by atoms with Crippen LogP contribution < -0.4 is 0 Å². The van der Waals surface area contributed by atoms with Crippen molar-refractivity contribution < 1.29 is 0 Å². The van der Waals surface area contributed by atoms with Gasteiger partial charge in [-0.1, -0.05) is 22.0 Å². The van der Waals surface area contributed by atoms with Crippen LogP contribution in [0.1, 0.15) is 5.56 Å². The molecule has 5 heteroatoms. The molecule has 0 N–H and O–H groups in total. The minimum Gasteiger partial charge on any atom is -0.240 e. The van der Waals surface area contributed by atoms with Crippen molar-refractivity contribution in [3.63, 3.8) is 0 Å². The standard InChI is InChI=1S/C10H7BrClIN2/c11-9-2-1-3-10(8(9)4-12)15-6-7(13)5-14-15/h1-3,5-6H,4H2. The quantitative estimate of drug-likeness (QED) is 0.554. The second-order valence-electron chi connectivity index (χ2n) is 2.97. The van der Waals surface area contributed by atoms with Crippen LogP contribution in [0.25, 0.3) is 5.69 Å². The number of aromatic nitrogens is 2. The van der Waals surface area contributed by atoms with E-state index in [1.165, 1.54) is 0 Å². The fourth-order valence-electron chi connectivity index (χ4n) is 1.33. The highest BCUT2D eigenvalue weighted by molar-refractivity contribution is 14.1. The van der Waals surface area contributed by atoms with Gasteiger partial charge in [0.15, 0.2) is 0 Å². The summed E-state index contributed by atoms with van der Waals surface area (Å²) < 4.78 is 3.96. The third kappa shape index (κ3) is 2.37. The van der Waals surface area contributed by atoms with Gasteiger partial charge in [-0.15, -0.1) is 11.6 Å². The molecule has 0 saturated heterocycles. The van der Waals surface area contributed by atoms with Crippen LogP contribution in [0.4, 0.5) is 0 Å². The summed E-state index contributed by atoms with van der Waals surface area (Å²) in [5.41, 5.74) is 2.07. The summed E-state index contributed by atoms with van der Waals surface area (Å²) in [7, 11) is 0. The largest absolute Gasteiger partial charge is 0.240 e. The molecule has 0 unspecified atom stereocenters. The normalized spacial score (nSPS) is 10.6. The molecule has 2 rings (SSSR count). The number of rotatable bonds is 2. The fourth-order valence-corrected chi connectivity index (χ4v) is 2.65. The van der Waals surface area contributed by atoms with E-state index < -0.39 is 0 Å². The Bertz CT molecular complexity index is 484. The molecule has 0 radical (unpaired) electrons. The Labute approximate surface area is 115 Å². The van der Waals surface area contributed by atoms with Gasteiger partial charge in [-0.3, -0.25) is 0 Å². The first kappa shape index (κ1) is 11.4. The van der Waals surface area contributed by atoms with Gasteiger partial charge in [0.05, 0.1) is 21.3 Å². The summed E-state index contributed by atoms with van der Waals surface area (Å²) in [5.74, 6) is 0.465. The summed E-state index contributed by atoms with van der Waals surface area (Å²) in [6.45, 7) is 0. The Hall–Kier alpha value is -0.0700. The van der Waals surface area contributed by atoms with Crippen LogP contribution in [0.2, 0.25) is 0 Å². The molecule has 0 aliphatic rings. The van der Waals surface area contributed by atoms with Crippen molar-refractivity contribution in [1.29, 1.82) is 0 Å². The molecule has 2 aromatic rings. The molecule has 78 valence electrons. The number of halogens is 3. The number of benzene rings is 1. The summed E-state index contributed by atoms with van der Waals surface area (Å²) in [5, 5.41) is 4.27. The van der Waals surface area contributed by atoms with Gasteiger partial charge in [0.25, 0.3) is 0 Å². The molecule has 15 heavy (non-hydrogen) atoms. The van der Waals surface area contributed by atoms with Crippen LogP contribution in [0, 0.1) is 3.57 Å². The molecule has 0 aliphatic heterocycles. The van der Waals surface area contributed by atoms with Gasteiger partial charge in [0.2, 0.25) is 0 Å². The number of nitrogens with zero attached hydrogens (tertiary/aromatic N) is 2. The highest BCUT2D eigenvalue weighted by Gasteiger charge is 2.08. The lowest BCUT2D eigenvalue weighted by Crippen LogP contribution is -1.99. The Balaban J connectivity index is 2.57. The van der Waals surface area contributed by atoms with Gasteiger partial charge in [0.1, 0.15) is 0 Å². The number of alkyl halides is 1. The average Bonchev–Trinajstić information content (AvgIpc) is 2.64. The zero-order chi connectivity index (χ0) is 10.8. The van der Waals surface area contributed by atoms with Gasteiger partial charge in [0, 0.05) is 16.2 Å². The van der Waals surface area contributed by atoms with Crippen molar-refractivity contribution in [3.8, 4) is 5.69 Å². The monoisotopic (exact) mass is 396 g/mol. The molecule has 0 bridgehead atoms. The lowest BCUT2D eigenvalue weighted by atomic mass is 10.2. The van der Waals surface area contributed by atoms with Crippen molar-refractivity contribution in [3.05, 3.63) is 44.2 Å². The van der Waals surface area contributed by atoms with Crippen LogP contribution in [0.5, 0.6) is 0 Å². The summed E-state index contributed by atoms with van der Waals surface area (Å²) in [4.78, 5) is 0. The summed E-state index contributed by atoms with van der Waals surface area (Å²) in [6, 6.07) is 5.96. The van der Waals surface area contributed by atoms with E-state index in [-0.39, 0.29) is 0 Å². The Morgan fingerprint density at radius 3 is 2.87 bits per heavy atom. The lowest BCUT2D eigenvalue weighted by Gasteiger charge is -2.08. The smallest absolute Gasteiger partial charge is 0.0701 e. The molecule has 0 fully saturated rings. The molecule has 1 aromatic carbocycles. The first-order valence-electron chi connectivity index (χ1n) is 4.26. The second-order valence-corrected chi connectivity index (χ2v) is 5.34. The molecular formula is C10H7BrClIN2. The van der Waals surface area contributed by atoms with E-state index in [2.05, 4.69) is 43.6 Å². The first-order chi connectivity index (χ1) is 7.22. The maximum absolute atomic E-state index is 5.92. The molecule has 1 heterocycles. The minimum atomic E-state index is 0.465. The van der Waals surface area contributed by atoms with E-state index >= 15 is 0 Å². The van der Waals surface area contributed by atoms with Crippen LogP contribution in [-0.4, -0.2) is 9.78 Å². The molecule has 0 atom stereocenters. The third-order valence-electron chi connectivity index (χ3n) is 2.03. The lowest BCUT2D eigenvalue weighted by molar-refractivity contribution is 0.869. The molecular weight excluding hydrogens is 390 g/mol. The zero-order valence-corrected chi connectivity index (χ0v) is 12.1. The van der Waals surface area contributed by atoms with E-state index in [1.807, 2.05) is 35.3 Å². The van der Waals surface area contributed by atoms with Crippen LogP contribution in [0.15, 0.2) is 35.1 Å². The summed E-state index contributed by atoms with van der Waals surface area (Å²) in [6.07, 6.45) is 3.79. The van der Waals surface area contributed by atoms with E-state index in [9.17, 15) is 0 Å². The van der Waals surface area contributed by atoms with Crippen LogP contribution in [0.3, 0.4) is 0 Å². The van der Waals surface area contributed by atoms with Crippen molar-refractivity contribution in [2.24, 2.45) is 0 Å². The molecule has 0 amide bonds. The fraction of sp³-hybridized carbons (Fsp3) is 0.100. The van der Waals surface area contributed by atoms with Gasteiger partial charge < -0.3 is 0 Å². The molecule has 1 aromatic heterocycles. The Kier molecular flexibility index (Phi) is 3.69. The van der Waals surface area contributed by atoms with Crippen LogP contribution in [-0.2, 0) is 5.88 Å². The van der Waals surface area contributed by atoms with Crippen molar-refractivity contribution in [2.45, 2.75) is 5.88 Å². The SMILES string of the molecule is ClCc1c(Br)cccc1-n1cc(I)cn1. The van der Waals surface area contributed by atoms with Crippen molar-refractivity contribution in [1.82, 2.24) is 9.78 Å². The van der Waals surface area contributed by atoms with E-state index in [1.54, 1.807) is 0 Å². The summed E-state index contributed by atoms with van der Waals surface area (Å²) >= 11 is 11.6. The minimum absolute atomic E-state index is 0.465. The molecule has 2 nitrogen and oxygen atoms in total. The maximum atomic E-state index is 5.92. The molecule has 0 spiro atoms. The maximum Gasteiger partial charge on any atom is 0.0701 e. The predicted molar refractivity (Wildman–Crippen MR) is 73.5 cm³/mol. The predicted octanol–water partition coefficient (Wildman–Crippen LogP) is 3.98. The van der Waals surface area contributed by atoms with Gasteiger partial charge >= 0.3 is 0 Å². The highest BCUT2D eigenvalue weighted by atomic mass is 127. The van der Waals surface area contributed by atoms with Crippen molar-refractivity contribution >= 4 is 50.1 Å². The topological polar surface area (TPSA) is 17.8 Å². The van der Waals surface area contributed by atoms with Crippen molar-refractivity contribution in [2.75, 3.05) is 0 Å². The third-order valence-corrected chi connectivity index (χ3v) is 3.59. The van der Waals surface area contributed by atoms with Crippen LogP contribution >= 0.6 is 50.1 Å². The number of hydrogen-bond donors (Lipinski definition) is 0. The van der Waals surface area contributed by atoms with Gasteiger partial charge in [-0.05, 0) is 34.7 Å². The Morgan fingerprint density at radius 1 is 1.47 bits per heavy atom. The zero-order valence-electron chi connectivity index (χ0n) is 7.62. The first-order valence-corrected chi connectivity index (χ1v) is 6.67. The van der Waals surface area contributed by atoms with E-state index in [0.717, 1.165) is 19.3 Å². The Morgan fingerprint density at radius 2 is 2.27 bits per heavy atom. The number of hydrogen-bond acceptors (Lipinski definition) is 1. The average molecular weight is 397 g/mol. The van der Waals surface area contributed by atoms with E-state index in [4.69, 9.17) is 11.6 Å². The molecule has 0 aliphatic carbocycles. The molecule has 0 saturated carbocycles. The second kappa shape index (κ2) is 4.84. The van der Waals surface area contributed by atoms with Gasteiger partial charge in [-0.2, -0.15) is 5.10 Å². The van der Waals surface area contributed by atoms with E-state index in [0.29, 0.717) is 5.88 Å². The highest BCUT2D eigenvalue weighted by Crippen LogP contribution is 2.25.